The quantitative estimate of drug-likeness (QED) is 0.932. The molecule has 3 nitrogen and oxygen atoms in total. The topological polar surface area (TPSA) is 42.4 Å². The Morgan fingerprint density at radius 1 is 1.47 bits per heavy atom. The van der Waals surface area contributed by atoms with E-state index in [1.165, 1.54) is 19.3 Å². The van der Waals surface area contributed by atoms with Gasteiger partial charge in [-0.25, -0.2) is 0 Å². The zero-order valence-electron chi connectivity index (χ0n) is 10.4. The lowest BCUT2D eigenvalue weighted by Gasteiger charge is -2.28. The van der Waals surface area contributed by atoms with E-state index in [0.717, 1.165) is 29.4 Å². The predicted octanol–water partition coefficient (Wildman–Crippen LogP) is 3.16. The molecule has 2 unspecified atom stereocenters. The van der Waals surface area contributed by atoms with Crippen molar-refractivity contribution in [2.75, 3.05) is 19.6 Å². The van der Waals surface area contributed by atoms with E-state index < -0.39 is 0 Å². The molecule has 0 amide bonds. The van der Waals surface area contributed by atoms with Gasteiger partial charge in [0, 0.05) is 6.54 Å². The van der Waals surface area contributed by atoms with E-state index in [0.29, 0.717) is 6.54 Å². The van der Waals surface area contributed by atoms with Crippen LogP contribution in [-0.4, -0.2) is 24.5 Å². The summed E-state index contributed by atoms with van der Waals surface area (Å²) in [6.45, 7) is 5.21. The van der Waals surface area contributed by atoms with Crippen LogP contribution in [-0.2, 0) is 0 Å². The van der Waals surface area contributed by atoms with Gasteiger partial charge in [0.2, 0.25) is 0 Å². The van der Waals surface area contributed by atoms with Crippen LogP contribution in [0.15, 0.2) is 21.2 Å². The number of halogens is 1. The summed E-state index contributed by atoms with van der Waals surface area (Å²) in [5, 5.41) is 0. The Morgan fingerprint density at radius 2 is 2.29 bits per heavy atom. The summed E-state index contributed by atoms with van der Waals surface area (Å²) < 4.78 is 6.44. The Bertz CT molecular complexity index is 353. The van der Waals surface area contributed by atoms with Crippen LogP contribution in [0, 0.1) is 5.92 Å². The van der Waals surface area contributed by atoms with Crippen LogP contribution >= 0.6 is 15.9 Å². The third-order valence-corrected chi connectivity index (χ3v) is 4.06. The van der Waals surface area contributed by atoms with Gasteiger partial charge >= 0.3 is 0 Å². The summed E-state index contributed by atoms with van der Waals surface area (Å²) in [7, 11) is 0. The lowest BCUT2D eigenvalue weighted by Crippen LogP contribution is -2.34. The fourth-order valence-corrected chi connectivity index (χ4v) is 2.87. The second-order valence-corrected chi connectivity index (χ2v) is 5.75. The van der Waals surface area contributed by atoms with Gasteiger partial charge in [-0.3, -0.25) is 4.90 Å². The molecule has 17 heavy (non-hydrogen) atoms. The number of nitrogens with two attached hydrogens (primary N) is 1. The minimum absolute atomic E-state index is 0.228. The Hall–Kier alpha value is -0.320. The number of hydrogen-bond donors (Lipinski definition) is 1. The first-order valence-electron chi connectivity index (χ1n) is 6.40. The molecule has 1 aliphatic heterocycles. The third-order valence-electron chi connectivity index (χ3n) is 3.64. The van der Waals surface area contributed by atoms with Gasteiger partial charge in [0.1, 0.15) is 5.76 Å². The Kier molecular flexibility index (Phi) is 4.65. The first-order valence-corrected chi connectivity index (χ1v) is 7.19. The van der Waals surface area contributed by atoms with Crippen molar-refractivity contribution in [3.8, 4) is 0 Å². The highest BCUT2D eigenvalue weighted by Gasteiger charge is 2.24. The molecule has 0 saturated carbocycles. The largest absolute Gasteiger partial charge is 0.453 e. The Morgan fingerprint density at radius 3 is 2.94 bits per heavy atom. The first-order chi connectivity index (χ1) is 8.20. The minimum Gasteiger partial charge on any atom is -0.453 e. The molecule has 4 heteroatoms. The number of likely N-dealkylation sites (tertiary alicyclic amines) is 1. The molecule has 2 rings (SSSR count). The Labute approximate surface area is 111 Å². The van der Waals surface area contributed by atoms with E-state index in [2.05, 4.69) is 27.8 Å². The third kappa shape index (κ3) is 3.33. The van der Waals surface area contributed by atoms with Crippen molar-refractivity contribution in [3.05, 3.63) is 22.6 Å². The second kappa shape index (κ2) is 6.03. The van der Waals surface area contributed by atoms with E-state index in [9.17, 15) is 0 Å². The molecule has 1 aromatic heterocycles. The standard InChI is InChI=1S/C13H21BrN2O/c1-10-3-2-7-16(8-6-10)11(9-15)12-4-5-13(14)17-12/h4-5,10-11H,2-3,6-9,15H2,1H3. The number of nitrogens with zero attached hydrogens (tertiary/aromatic N) is 1. The van der Waals surface area contributed by atoms with Crippen molar-refractivity contribution in [1.82, 2.24) is 4.90 Å². The first kappa shape index (κ1) is 13.1. The second-order valence-electron chi connectivity index (χ2n) is 4.97. The molecule has 1 aromatic rings. The lowest BCUT2D eigenvalue weighted by atomic mass is 10.0. The van der Waals surface area contributed by atoms with Gasteiger partial charge in [0.15, 0.2) is 4.67 Å². The highest BCUT2D eigenvalue weighted by atomic mass is 79.9. The van der Waals surface area contributed by atoms with Crippen LogP contribution in [0.4, 0.5) is 0 Å². The molecule has 0 spiro atoms. The molecular formula is C13H21BrN2O. The predicted molar refractivity (Wildman–Crippen MR) is 72.8 cm³/mol. The van der Waals surface area contributed by atoms with Crippen molar-refractivity contribution < 1.29 is 4.42 Å². The van der Waals surface area contributed by atoms with E-state index in [-0.39, 0.29) is 6.04 Å². The van der Waals surface area contributed by atoms with Gasteiger partial charge < -0.3 is 10.2 Å². The van der Waals surface area contributed by atoms with Crippen molar-refractivity contribution in [2.24, 2.45) is 11.7 Å². The highest BCUT2D eigenvalue weighted by molar-refractivity contribution is 9.10. The van der Waals surface area contributed by atoms with Crippen LogP contribution in [0.3, 0.4) is 0 Å². The average molecular weight is 301 g/mol. The minimum atomic E-state index is 0.228. The molecule has 2 heterocycles. The molecule has 1 aliphatic rings. The van der Waals surface area contributed by atoms with Crippen LogP contribution in [0.25, 0.3) is 0 Å². The molecule has 0 aliphatic carbocycles. The summed E-state index contributed by atoms with van der Waals surface area (Å²) in [5.41, 5.74) is 5.91. The zero-order chi connectivity index (χ0) is 12.3. The molecular weight excluding hydrogens is 280 g/mol. The normalized spacial score (nSPS) is 24.5. The maximum Gasteiger partial charge on any atom is 0.169 e. The highest BCUT2D eigenvalue weighted by Crippen LogP contribution is 2.27. The molecule has 2 atom stereocenters. The van der Waals surface area contributed by atoms with Crippen molar-refractivity contribution in [1.29, 1.82) is 0 Å². The van der Waals surface area contributed by atoms with Gasteiger partial charge in [-0.15, -0.1) is 0 Å². The molecule has 1 saturated heterocycles. The smallest absolute Gasteiger partial charge is 0.169 e. The van der Waals surface area contributed by atoms with E-state index in [1.807, 2.05) is 12.1 Å². The zero-order valence-corrected chi connectivity index (χ0v) is 11.9. The van der Waals surface area contributed by atoms with Crippen LogP contribution in [0.2, 0.25) is 0 Å². The van der Waals surface area contributed by atoms with Crippen molar-refractivity contribution in [2.45, 2.75) is 32.2 Å². The van der Waals surface area contributed by atoms with Crippen LogP contribution in [0.5, 0.6) is 0 Å². The van der Waals surface area contributed by atoms with Gasteiger partial charge in [-0.2, -0.15) is 0 Å². The molecule has 96 valence electrons. The van der Waals surface area contributed by atoms with Crippen LogP contribution < -0.4 is 5.73 Å². The van der Waals surface area contributed by atoms with Crippen LogP contribution in [0.1, 0.15) is 38.0 Å². The van der Waals surface area contributed by atoms with Crippen molar-refractivity contribution >= 4 is 15.9 Å². The number of rotatable bonds is 3. The van der Waals surface area contributed by atoms with Gasteiger partial charge in [-0.05, 0) is 66.3 Å². The average Bonchev–Trinajstić information content (AvgIpc) is 2.61. The van der Waals surface area contributed by atoms with E-state index >= 15 is 0 Å². The summed E-state index contributed by atoms with van der Waals surface area (Å²) in [6.07, 6.45) is 3.85. The Balaban J connectivity index is 2.07. The summed E-state index contributed by atoms with van der Waals surface area (Å²) in [6, 6.07) is 4.19. The maximum absolute atomic E-state index is 5.91. The van der Waals surface area contributed by atoms with Gasteiger partial charge in [0.05, 0.1) is 6.04 Å². The molecule has 0 radical (unpaired) electrons. The van der Waals surface area contributed by atoms with E-state index in [1.54, 1.807) is 0 Å². The molecule has 0 bridgehead atoms. The summed E-state index contributed by atoms with van der Waals surface area (Å²) in [5.74, 6) is 1.82. The monoisotopic (exact) mass is 300 g/mol. The molecule has 1 fully saturated rings. The molecule has 0 aromatic carbocycles. The lowest BCUT2D eigenvalue weighted by molar-refractivity contribution is 0.183. The van der Waals surface area contributed by atoms with E-state index in [4.69, 9.17) is 10.2 Å². The fraction of sp³-hybridized carbons (Fsp3) is 0.692. The number of hydrogen-bond acceptors (Lipinski definition) is 3. The maximum atomic E-state index is 5.91. The van der Waals surface area contributed by atoms with Gasteiger partial charge in [0.25, 0.3) is 0 Å². The number of furan rings is 1. The fourth-order valence-electron chi connectivity index (χ4n) is 2.55. The molecule has 2 N–H and O–H groups in total. The van der Waals surface area contributed by atoms with Gasteiger partial charge in [-0.1, -0.05) is 6.92 Å². The summed E-state index contributed by atoms with van der Waals surface area (Å²) >= 11 is 3.35. The van der Waals surface area contributed by atoms with Crippen molar-refractivity contribution in [3.63, 3.8) is 0 Å². The SMILES string of the molecule is CC1CCCN(C(CN)c2ccc(Br)o2)CC1. The summed E-state index contributed by atoms with van der Waals surface area (Å²) in [4.78, 5) is 2.47.